The first-order chi connectivity index (χ1) is 8.11. The number of rotatable bonds is 2. The van der Waals surface area contributed by atoms with Crippen LogP contribution in [-0.2, 0) is 14.3 Å². The number of hydrogen-bond acceptors (Lipinski definition) is 4. The van der Waals surface area contributed by atoms with Crippen molar-refractivity contribution in [2.45, 2.75) is 51.0 Å². The van der Waals surface area contributed by atoms with Crippen molar-refractivity contribution >= 4 is 5.91 Å². The maximum absolute atomic E-state index is 12.3. The van der Waals surface area contributed by atoms with Crippen molar-refractivity contribution in [2.24, 2.45) is 5.73 Å². The molecule has 0 radical (unpaired) electrons. The van der Waals surface area contributed by atoms with Gasteiger partial charge < -0.3 is 20.1 Å². The van der Waals surface area contributed by atoms with E-state index in [1.807, 2.05) is 18.7 Å². The Morgan fingerprint density at radius 1 is 1.41 bits per heavy atom. The monoisotopic (exact) mass is 242 g/mol. The van der Waals surface area contributed by atoms with Crippen molar-refractivity contribution in [2.75, 3.05) is 19.7 Å². The maximum atomic E-state index is 12.3. The van der Waals surface area contributed by atoms with Gasteiger partial charge in [0.05, 0.1) is 24.9 Å². The van der Waals surface area contributed by atoms with Crippen molar-refractivity contribution in [1.82, 2.24) is 4.90 Å². The standard InChI is InChI=1S/C12H22N2O3/c1-8-7-16-9(2)6-14(8)12(15)11-4-3-10(5-13)17-11/h8-11H,3-7,13H2,1-2H3/t8?,9?,10-,11+/m1/s1. The molecule has 2 fully saturated rings. The van der Waals surface area contributed by atoms with Crippen LogP contribution in [0.15, 0.2) is 0 Å². The average Bonchev–Trinajstić information content (AvgIpc) is 2.80. The molecule has 5 nitrogen and oxygen atoms in total. The van der Waals surface area contributed by atoms with Crippen LogP contribution in [0.1, 0.15) is 26.7 Å². The van der Waals surface area contributed by atoms with E-state index in [1.54, 1.807) is 0 Å². The lowest BCUT2D eigenvalue weighted by Crippen LogP contribution is -2.53. The molecule has 0 aromatic rings. The van der Waals surface area contributed by atoms with Gasteiger partial charge in [0.25, 0.3) is 5.91 Å². The number of amides is 1. The van der Waals surface area contributed by atoms with Crippen LogP contribution in [0.3, 0.4) is 0 Å². The van der Waals surface area contributed by atoms with E-state index in [1.165, 1.54) is 0 Å². The van der Waals surface area contributed by atoms with E-state index in [0.717, 1.165) is 12.8 Å². The second-order valence-electron chi connectivity index (χ2n) is 5.04. The van der Waals surface area contributed by atoms with Crippen molar-refractivity contribution in [3.05, 3.63) is 0 Å². The molecule has 0 aromatic heterocycles. The van der Waals surface area contributed by atoms with Crippen LogP contribution >= 0.6 is 0 Å². The summed E-state index contributed by atoms with van der Waals surface area (Å²) in [6.07, 6.45) is 1.55. The number of hydrogen-bond donors (Lipinski definition) is 1. The summed E-state index contributed by atoms with van der Waals surface area (Å²) in [5, 5.41) is 0. The Kier molecular flexibility index (Phi) is 4.01. The zero-order valence-electron chi connectivity index (χ0n) is 10.6. The van der Waals surface area contributed by atoms with Crippen LogP contribution < -0.4 is 5.73 Å². The summed E-state index contributed by atoms with van der Waals surface area (Å²) in [6, 6.07) is 0.138. The maximum Gasteiger partial charge on any atom is 0.252 e. The van der Waals surface area contributed by atoms with Gasteiger partial charge in [-0.25, -0.2) is 0 Å². The molecule has 2 aliphatic heterocycles. The zero-order valence-corrected chi connectivity index (χ0v) is 10.6. The fraction of sp³-hybridized carbons (Fsp3) is 0.917. The number of carbonyl (C=O) groups excluding carboxylic acids is 1. The predicted octanol–water partition coefficient (Wildman–Crippen LogP) is 0.129. The van der Waals surface area contributed by atoms with Gasteiger partial charge in [0.2, 0.25) is 0 Å². The highest BCUT2D eigenvalue weighted by Crippen LogP contribution is 2.23. The molecule has 2 saturated heterocycles. The van der Waals surface area contributed by atoms with Gasteiger partial charge in [0, 0.05) is 13.1 Å². The first-order valence-corrected chi connectivity index (χ1v) is 6.39. The normalized spacial score (nSPS) is 38.4. The first kappa shape index (κ1) is 12.8. The first-order valence-electron chi connectivity index (χ1n) is 6.39. The molecule has 0 aliphatic carbocycles. The molecule has 2 N–H and O–H groups in total. The Labute approximate surface area is 102 Å². The van der Waals surface area contributed by atoms with Gasteiger partial charge in [-0.3, -0.25) is 4.79 Å². The molecule has 0 spiro atoms. The molecule has 2 heterocycles. The fourth-order valence-electron chi connectivity index (χ4n) is 2.46. The number of ether oxygens (including phenoxy) is 2. The van der Waals surface area contributed by atoms with Crippen LogP contribution in [0.4, 0.5) is 0 Å². The minimum atomic E-state index is -0.295. The Morgan fingerprint density at radius 3 is 2.82 bits per heavy atom. The summed E-state index contributed by atoms with van der Waals surface area (Å²) in [7, 11) is 0. The van der Waals surface area contributed by atoms with E-state index < -0.39 is 0 Å². The van der Waals surface area contributed by atoms with Gasteiger partial charge in [0.15, 0.2) is 0 Å². The van der Waals surface area contributed by atoms with E-state index in [-0.39, 0.29) is 30.3 Å². The third-order valence-electron chi connectivity index (χ3n) is 3.54. The lowest BCUT2D eigenvalue weighted by atomic mass is 10.1. The smallest absolute Gasteiger partial charge is 0.252 e. The number of carbonyl (C=O) groups is 1. The lowest BCUT2D eigenvalue weighted by Gasteiger charge is -2.38. The van der Waals surface area contributed by atoms with Crippen molar-refractivity contribution in [1.29, 1.82) is 0 Å². The topological polar surface area (TPSA) is 64.8 Å². The highest BCUT2D eigenvalue weighted by molar-refractivity contribution is 5.81. The third kappa shape index (κ3) is 2.78. The van der Waals surface area contributed by atoms with Crippen LogP contribution in [0.25, 0.3) is 0 Å². The quantitative estimate of drug-likeness (QED) is 0.747. The molecule has 2 aliphatic rings. The number of morpholine rings is 1. The minimum Gasteiger partial charge on any atom is -0.375 e. The number of nitrogens with zero attached hydrogens (tertiary/aromatic N) is 1. The number of nitrogens with two attached hydrogens (primary N) is 1. The van der Waals surface area contributed by atoms with E-state index in [2.05, 4.69) is 0 Å². The van der Waals surface area contributed by atoms with Gasteiger partial charge in [-0.1, -0.05) is 0 Å². The van der Waals surface area contributed by atoms with E-state index in [4.69, 9.17) is 15.2 Å². The molecule has 0 bridgehead atoms. The molecule has 1 amide bonds. The van der Waals surface area contributed by atoms with E-state index in [9.17, 15) is 4.79 Å². The van der Waals surface area contributed by atoms with Crippen LogP contribution in [0, 0.1) is 0 Å². The zero-order chi connectivity index (χ0) is 12.4. The van der Waals surface area contributed by atoms with Gasteiger partial charge in [0.1, 0.15) is 6.10 Å². The summed E-state index contributed by atoms with van der Waals surface area (Å²) in [6.45, 7) is 5.77. The van der Waals surface area contributed by atoms with Crippen molar-refractivity contribution in [3.63, 3.8) is 0 Å². The van der Waals surface area contributed by atoms with Crippen molar-refractivity contribution in [3.8, 4) is 0 Å². The molecule has 2 unspecified atom stereocenters. The second-order valence-corrected chi connectivity index (χ2v) is 5.04. The minimum absolute atomic E-state index is 0.0534. The van der Waals surface area contributed by atoms with E-state index in [0.29, 0.717) is 19.7 Å². The molecule has 98 valence electrons. The summed E-state index contributed by atoms with van der Waals surface area (Å²) in [4.78, 5) is 14.2. The Morgan fingerprint density at radius 2 is 2.18 bits per heavy atom. The summed E-state index contributed by atoms with van der Waals surface area (Å²) < 4.78 is 11.2. The van der Waals surface area contributed by atoms with Gasteiger partial charge in [-0.15, -0.1) is 0 Å². The summed E-state index contributed by atoms with van der Waals surface area (Å²) in [5.74, 6) is 0.101. The molecule has 0 aromatic carbocycles. The second kappa shape index (κ2) is 5.33. The summed E-state index contributed by atoms with van der Waals surface area (Å²) in [5.41, 5.74) is 5.55. The molecule has 4 atom stereocenters. The molecule has 2 rings (SSSR count). The predicted molar refractivity (Wildman–Crippen MR) is 63.5 cm³/mol. The van der Waals surface area contributed by atoms with Crippen LogP contribution in [0.5, 0.6) is 0 Å². The Bertz CT molecular complexity index is 285. The van der Waals surface area contributed by atoms with E-state index >= 15 is 0 Å². The SMILES string of the molecule is CC1CN(C(=O)[C@@H]2CC[C@H](CN)O2)C(C)CO1. The molecular weight excluding hydrogens is 220 g/mol. The molecular formula is C12H22N2O3. The molecule has 5 heteroatoms. The van der Waals surface area contributed by atoms with Gasteiger partial charge in [-0.05, 0) is 26.7 Å². The lowest BCUT2D eigenvalue weighted by molar-refractivity contribution is -0.154. The highest BCUT2D eigenvalue weighted by atomic mass is 16.5. The van der Waals surface area contributed by atoms with Crippen LogP contribution in [0.2, 0.25) is 0 Å². The van der Waals surface area contributed by atoms with Gasteiger partial charge >= 0.3 is 0 Å². The largest absolute Gasteiger partial charge is 0.375 e. The molecule has 17 heavy (non-hydrogen) atoms. The van der Waals surface area contributed by atoms with Gasteiger partial charge in [-0.2, -0.15) is 0 Å². The Hall–Kier alpha value is -0.650. The average molecular weight is 242 g/mol. The fourth-order valence-corrected chi connectivity index (χ4v) is 2.46. The van der Waals surface area contributed by atoms with Crippen molar-refractivity contribution < 1.29 is 14.3 Å². The summed E-state index contributed by atoms with van der Waals surface area (Å²) >= 11 is 0. The Balaban J connectivity index is 1.94. The van der Waals surface area contributed by atoms with Crippen LogP contribution in [-0.4, -0.2) is 54.9 Å². The highest BCUT2D eigenvalue weighted by Gasteiger charge is 2.36. The molecule has 0 saturated carbocycles. The third-order valence-corrected chi connectivity index (χ3v) is 3.54.